The number of nitrogens with zero attached hydrogens (tertiary/aromatic N) is 2. The van der Waals surface area contributed by atoms with Crippen LogP contribution in [0.5, 0.6) is 23.0 Å². The number of aromatic nitrogens is 2. The van der Waals surface area contributed by atoms with Crippen molar-refractivity contribution < 1.29 is 32.9 Å². The minimum absolute atomic E-state index is 0.0349. The van der Waals surface area contributed by atoms with E-state index in [2.05, 4.69) is 4.98 Å². The summed E-state index contributed by atoms with van der Waals surface area (Å²) < 4.78 is 35.3. The smallest absolute Gasteiger partial charge is 0.463 e. The van der Waals surface area contributed by atoms with Crippen LogP contribution in [-0.2, 0) is 9.26 Å². The summed E-state index contributed by atoms with van der Waals surface area (Å²) in [6.07, 6.45) is -0.611. The zero-order valence-electron chi connectivity index (χ0n) is 19.1. The maximum Gasteiger partial charge on any atom is 0.463 e. The second-order valence-corrected chi connectivity index (χ2v) is 8.60. The number of nitrogen functional groups attached to an aromatic ring is 1. The fraction of sp³-hybridized carbons (Fsp3) is 0.304. The number of benzene rings is 2. The molecule has 12 heteroatoms. The van der Waals surface area contributed by atoms with Gasteiger partial charge in [-0.15, -0.1) is 0 Å². The molecular formula is C23H26N3O8P. The molecule has 0 radical (unpaired) electrons. The summed E-state index contributed by atoms with van der Waals surface area (Å²) in [7, 11) is 1.23. The first kappa shape index (κ1) is 24.7. The summed E-state index contributed by atoms with van der Waals surface area (Å²) >= 11 is 0. The van der Waals surface area contributed by atoms with E-state index < -0.39 is 32.7 Å². The number of ether oxygens (including phenoxy) is 3. The van der Waals surface area contributed by atoms with E-state index in [1.54, 1.807) is 62.8 Å². The van der Waals surface area contributed by atoms with Crippen LogP contribution in [0.1, 0.15) is 12.6 Å². The van der Waals surface area contributed by atoms with Gasteiger partial charge in [-0.25, -0.2) is 4.79 Å². The Labute approximate surface area is 202 Å². The van der Waals surface area contributed by atoms with E-state index in [1.807, 2.05) is 0 Å². The molecule has 3 unspecified atom stereocenters. The summed E-state index contributed by atoms with van der Waals surface area (Å²) in [5, 5.41) is 10.5. The second kappa shape index (κ2) is 11.4. The Balaban J connectivity index is 1.43. The Morgan fingerprint density at radius 1 is 1.00 bits per heavy atom. The lowest BCUT2D eigenvalue weighted by molar-refractivity contribution is -0.0419. The number of hydrogen-bond acceptors (Lipinski definition) is 10. The van der Waals surface area contributed by atoms with Crippen LogP contribution in [0.2, 0.25) is 0 Å². The van der Waals surface area contributed by atoms with Gasteiger partial charge in [0.25, 0.3) is 0 Å². The Bertz CT molecular complexity index is 1110. The summed E-state index contributed by atoms with van der Waals surface area (Å²) in [5.41, 5.74) is 4.99. The minimum atomic E-state index is -1.93. The van der Waals surface area contributed by atoms with Crippen LogP contribution in [-0.4, -0.2) is 47.7 Å². The second-order valence-electron chi connectivity index (χ2n) is 7.53. The molecule has 4 rings (SSSR count). The first-order valence-corrected chi connectivity index (χ1v) is 11.8. The van der Waals surface area contributed by atoms with Gasteiger partial charge in [0.1, 0.15) is 41.1 Å². The molecule has 2 aromatic carbocycles. The molecule has 186 valence electrons. The third-order valence-electron chi connectivity index (χ3n) is 5.19. The molecule has 3 atom stereocenters. The van der Waals surface area contributed by atoms with Crippen molar-refractivity contribution in [2.45, 2.75) is 24.9 Å². The number of nitrogens with two attached hydrogens (primary N) is 1. The van der Waals surface area contributed by atoms with Crippen molar-refractivity contribution in [2.75, 3.05) is 26.6 Å². The highest BCUT2D eigenvalue weighted by atomic mass is 31.2. The molecule has 1 saturated heterocycles. The lowest BCUT2D eigenvalue weighted by atomic mass is 10.2. The van der Waals surface area contributed by atoms with Gasteiger partial charge in [-0.2, -0.15) is 4.98 Å². The molecule has 0 amide bonds. The van der Waals surface area contributed by atoms with Gasteiger partial charge >= 0.3 is 14.3 Å². The van der Waals surface area contributed by atoms with Crippen LogP contribution >= 0.6 is 8.60 Å². The summed E-state index contributed by atoms with van der Waals surface area (Å²) in [4.78, 5) is 15.8. The predicted octanol–water partition coefficient (Wildman–Crippen LogP) is 2.89. The quantitative estimate of drug-likeness (QED) is 0.397. The van der Waals surface area contributed by atoms with Crippen molar-refractivity contribution in [3.63, 3.8) is 0 Å². The average molecular weight is 503 g/mol. The van der Waals surface area contributed by atoms with Gasteiger partial charge in [-0.1, -0.05) is 0 Å². The van der Waals surface area contributed by atoms with Gasteiger partial charge < -0.3 is 34.1 Å². The molecule has 0 saturated carbocycles. The van der Waals surface area contributed by atoms with Gasteiger partial charge in [-0.05, 0) is 54.6 Å². The van der Waals surface area contributed by atoms with Crippen molar-refractivity contribution in [1.82, 2.24) is 9.55 Å². The first-order chi connectivity index (χ1) is 16.9. The molecule has 11 nitrogen and oxygen atoms in total. The maximum atomic E-state index is 12.1. The van der Waals surface area contributed by atoms with E-state index in [9.17, 15) is 9.90 Å². The Hall–Kier alpha value is -3.37. The number of methoxy groups -OCH3 is 2. The van der Waals surface area contributed by atoms with Crippen molar-refractivity contribution in [2.24, 2.45) is 0 Å². The Morgan fingerprint density at radius 2 is 1.54 bits per heavy atom. The topological polar surface area (TPSA) is 137 Å². The Morgan fingerprint density at radius 3 is 2.06 bits per heavy atom. The monoisotopic (exact) mass is 503 g/mol. The van der Waals surface area contributed by atoms with Crippen molar-refractivity contribution in [1.29, 1.82) is 0 Å². The lowest BCUT2D eigenvalue weighted by Gasteiger charge is -2.21. The molecule has 0 bridgehead atoms. The van der Waals surface area contributed by atoms with E-state index >= 15 is 0 Å². The van der Waals surface area contributed by atoms with Crippen LogP contribution in [0.4, 0.5) is 5.82 Å². The zero-order chi connectivity index (χ0) is 24.8. The summed E-state index contributed by atoms with van der Waals surface area (Å²) in [6.45, 7) is -0.0349. The van der Waals surface area contributed by atoms with Crippen molar-refractivity contribution >= 4 is 14.4 Å². The molecule has 1 aromatic heterocycles. The summed E-state index contributed by atoms with van der Waals surface area (Å²) in [6, 6.07) is 15.4. The van der Waals surface area contributed by atoms with E-state index in [0.717, 1.165) is 0 Å². The van der Waals surface area contributed by atoms with Crippen LogP contribution < -0.4 is 29.9 Å². The van der Waals surface area contributed by atoms with Crippen LogP contribution in [0, 0.1) is 0 Å². The highest BCUT2D eigenvalue weighted by Crippen LogP contribution is 2.43. The number of hydrogen-bond donors (Lipinski definition) is 2. The number of rotatable bonds is 10. The molecule has 0 spiro atoms. The van der Waals surface area contributed by atoms with Gasteiger partial charge in [0.2, 0.25) is 0 Å². The number of aliphatic hydroxyl groups excluding tert-OH is 1. The Kier molecular flexibility index (Phi) is 8.04. The highest BCUT2D eigenvalue weighted by molar-refractivity contribution is 7.42. The van der Waals surface area contributed by atoms with E-state index in [4.69, 9.17) is 33.5 Å². The predicted molar refractivity (Wildman–Crippen MR) is 128 cm³/mol. The van der Waals surface area contributed by atoms with Crippen LogP contribution in [0.15, 0.2) is 65.6 Å². The third kappa shape index (κ3) is 6.40. The molecule has 1 aliphatic heterocycles. The normalized spacial score (nSPS) is 19.5. The third-order valence-corrected chi connectivity index (χ3v) is 6.27. The van der Waals surface area contributed by atoms with Gasteiger partial charge in [-0.3, -0.25) is 9.09 Å². The SMILES string of the molecule is COc1ccc(OP(OCC2OC(n3ccc(N)nc3=O)CC2O)Oc2ccc(OC)cc2)cc1. The maximum absolute atomic E-state index is 12.1. The largest absolute Gasteiger partial charge is 0.497 e. The van der Waals surface area contributed by atoms with Gasteiger partial charge in [0.15, 0.2) is 0 Å². The van der Waals surface area contributed by atoms with E-state index in [1.165, 1.54) is 16.8 Å². The molecule has 3 aromatic rings. The fourth-order valence-corrected chi connectivity index (χ4v) is 4.33. The number of anilines is 1. The molecule has 3 N–H and O–H groups in total. The lowest BCUT2D eigenvalue weighted by Crippen LogP contribution is -2.28. The van der Waals surface area contributed by atoms with Crippen LogP contribution in [0.25, 0.3) is 0 Å². The van der Waals surface area contributed by atoms with Crippen LogP contribution in [0.3, 0.4) is 0 Å². The molecule has 2 heterocycles. The van der Waals surface area contributed by atoms with Crippen molar-refractivity contribution in [3.05, 3.63) is 71.3 Å². The van der Waals surface area contributed by atoms with E-state index in [-0.39, 0.29) is 18.8 Å². The minimum Gasteiger partial charge on any atom is -0.497 e. The first-order valence-electron chi connectivity index (χ1n) is 10.7. The standard InChI is InChI=1S/C23H26N3O8P/c1-29-15-3-7-17(8-4-15)33-35(34-18-9-5-16(30-2)6-10-18)31-14-20-19(27)13-22(32-20)26-12-11-21(24)25-23(26)28/h3-12,19-20,22,27H,13-14H2,1-2H3,(H2,24,25,28). The zero-order valence-corrected chi connectivity index (χ0v) is 20.0. The van der Waals surface area contributed by atoms with Gasteiger partial charge in [0, 0.05) is 12.6 Å². The number of aliphatic hydroxyl groups is 1. The van der Waals surface area contributed by atoms with Crippen molar-refractivity contribution in [3.8, 4) is 23.0 Å². The molecule has 1 aliphatic rings. The molecule has 0 aliphatic carbocycles. The highest BCUT2D eigenvalue weighted by Gasteiger charge is 2.37. The van der Waals surface area contributed by atoms with E-state index in [0.29, 0.717) is 23.0 Å². The van der Waals surface area contributed by atoms with Gasteiger partial charge in [0.05, 0.1) is 26.9 Å². The summed E-state index contributed by atoms with van der Waals surface area (Å²) in [5.74, 6) is 2.49. The molecule has 1 fully saturated rings. The molecule has 35 heavy (non-hydrogen) atoms. The molecular weight excluding hydrogens is 477 g/mol. The average Bonchev–Trinajstić information content (AvgIpc) is 3.23. The fourth-order valence-electron chi connectivity index (χ4n) is 3.33.